The van der Waals surface area contributed by atoms with Crippen LogP contribution in [0.3, 0.4) is 0 Å². The predicted molar refractivity (Wildman–Crippen MR) is 137 cm³/mol. The Hall–Kier alpha value is -4.20. The summed E-state index contributed by atoms with van der Waals surface area (Å²) in [5.74, 6) is 0.957. The summed E-state index contributed by atoms with van der Waals surface area (Å²) in [4.78, 5) is 40.1. The van der Waals surface area contributed by atoms with Gasteiger partial charge in [0.05, 0.1) is 12.3 Å². The molecule has 0 spiro atoms. The molecule has 0 aliphatic carbocycles. The van der Waals surface area contributed by atoms with Crippen LogP contribution in [0.2, 0.25) is 0 Å². The number of benzene rings is 1. The van der Waals surface area contributed by atoms with Crippen molar-refractivity contribution < 1.29 is 4.79 Å². The van der Waals surface area contributed by atoms with E-state index in [1.54, 1.807) is 11.1 Å². The Balaban J connectivity index is 1.35. The number of hydrogen-bond donors (Lipinski definition) is 2. The fraction of sp³-hybridized carbons (Fsp3) is 0.440. The van der Waals surface area contributed by atoms with Gasteiger partial charge < -0.3 is 20.0 Å². The van der Waals surface area contributed by atoms with Gasteiger partial charge in [0.25, 0.3) is 5.56 Å². The molecule has 186 valence electrons. The number of anilines is 4. The zero-order valence-corrected chi connectivity index (χ0v) is 20.1. The van der Waals surface area contributed by atoms with E-state index in [1.165, 1.54) is 12.8 Å². The number of fused-ring (bicyclic) bond motifs is 1. The second-order valence-corrected chi connectivity index (χ2v) is 9.11. The number of nitriles is 1. The lowest BCUT2D eigenvalue weighted by molar-refractivity contribution is -0.130. The topological polar surface area (TPSA) is 134 Å². The van der Waals surface area contributed by atoms with Gasteiger partial charge in [0.1, 0.15) is 23.1 Å². The van der Waals surface area contributed by atoms with E-state index >= 15 is 0 Å². The molecule has 36 heavy (non-hydrogen) atoms. The molecule has 1 aromatic carbocycles. The van der Waals surface area contributed by atoms with Gasteiger partial charge in [0.15, 0.2) is 0 Å². The van der Waals surface area contributed by atoms with E-state index in [2.05, 4.69) is 30.3 Å². The molecule has 0 unspecified atom stereocenters. The fourth-order valence-corrected chi connectivity index (χ4v) is 4.78. The molecule has 3 aromatic rings. The Morgan fingerprint density at radius 1 is 0.972 bits per heavy atom. The van der Waals surface area contributed by atoms with Gasteiger partial charge >= 0.3 is 0 Å². The summed E-state index contributed by atoms with van der Waals surface area (Å²) in [5.41, 5.74) is 2.03. The van der Waals surface area contributed by atoms with Crippen molar-refractivity contribution in [2.75, 3.05) is 54.4 Å². The highest BCUT2D eigenvalue weighted by atomic mass is 16.2. The summed E-state index contributed by atoms with van der Waals surface area (Å²) in [6.45, 7) is 4.41. The number of aromatic nitrogens is 4. The molecule has 2 saturated heterocycles. The Bertz CT molecular complexity index is 1320. The molecule has 11 nitrogen and oxygen atoms in total. The van der Waals surface area contributed by atoms with Crippen molar-refractivity contribution in [2.45, 2.75) is 32.1 Å². The zero-order chi connectivity index (χ0) is 24.9. The quantitative estimate of drug-likeness (QED) is 0.556. The second-order valence-electron chi connectivity index (χ2n) is 9.11. The van der Waals surface area contributed by atoms with Gasteiger partial charge in [0.2, 0.25) is 11.9 Å². The molecule has 0 radical (unpaired) electrons. The van der Waals surface area contributed by atoms with Crippen LogP contribution in [0.5, 0.6) is 0 Å². The van der Waals surface area contributed by atoms with Gasteiger partial charge in [-0.15, -0.1) is 0 Å². The first-order chi connectivity index (χ1) is 17.6. The van der Waals surface area contributed by atoms with Gasteiger partial charge in [-0.25, -0.2) is 10.1 Å². The van der Waals surface area contributed by atoms with E-state index < -0.39 is 0 Å². The highest BCUT2D eigenvalue weighted by Crippen LogP contribution is 2.27. The number of carbonyl (C=O) groups excluding carboxylic acids is 1. The number of nitrogens with one attached hydrogen (secondary N) is 2. The third-order valence-electron chi connectivity index (χ3n) is 6.75. The second kappa shape index (κ2) is 10.6. The maximum absolute atomic E-state index is 12.6. The standard InChI is InChI=1S/C25H29N9O2/c26-10-9-21(35)33-15-13-32(14-16-33)19-7-5-18(6-8-19)28-23-22-20(17-27-31-24(22)36)29-25(30-23)34-11-3-1-2-4-12-34/h5-8,17H,1-4,9,11-16H2,(H,31,36)(H,28,29,30). The number of rotatable bonds is 5. The number of H-pyrrole nitrogens is 1. The smallest absolute Gasteiger partial charge is 0.277 e. The van der Waals surface area contributed by atoms with Crippen molar-refractivity contribution in [3.63, 3.8) is 0 Å². The van der Waals surface area contributed by atoms with Gasteiger partial charge in [-0.3, -0.25) is 9.59 Å². The van der Waals surface area contributed by atoms with Crippen LogP contribution in [0.4, 0.5) is 23.1 Å². The van der Waals surface area contributed by atoms with Crippen LogP contribution in [0.15, 0.2) is 35.3 Å². The fourth-order valence-electron chi connectivity index (χ4n) is 4.78. The lowest BCUT2D eigenvalue weighted by Crippen LogP contribution is -2.48. The molecule has 2 fully saturated rings. The maximum atomic E-state index is 12.6. The first-order valence-electron chi connectivity index (χ1n) is 12.4. The Morgan fingerprint density at radius 2 is 1.69 bits per heavy atom. The zero-order valence-electron chi connectivity index (χ0n) is 20.1. The molecular formula is C25H29N9O2. The molecule has 2 aliphatic rings. The van der Waals surface area contributed by atoms with Crippen molar-refractivity contribution in [3.05, 3.63) is 40.8 Å². The van der Waals surface area contributed by atoms with E-state index in [1.807, 2.05) is 30.3 Å². The van der Waals surface area contributed by atoms with Gasteiger partial charge in [-0.05, 0) is 37.1 Å². The van der Waals surface area contributed by atoms with Crippen LogP contribution in [-0.2, 0) is 4.79 Å². The average molecular weight is 488 g/mol. The van der Waals surface area contributed by atoms with Crippen LogP contribution in [0.1, 0.15) is 32.1 Å². The van der Waals surface area contributed by atoms with Crippen molar-refractivity contribution >= 4 is 40.0 Å². The summed E-state index contributed by atoms with van der Waals surface area (Å²) < 4.78 is 0. The van der Waals surface area contributed by atoms with Crippen molar-refractivity contribution in [1.82, 2.24) is 25.1 Å². The van der Waals surface area contributed by atoms with Gasteiger partial charge in [-0.2, -0.15) is 15.3 Å². The maximum Gasteiger partial charge on any atom is 0.277 e. The number of piperazine rings is 1. The van der Waals surface area contributed by atoms with E-state index in [9.17, 15) is 9.59 Å². The van der Waals surface area contributed by atoms with Crippen molar-refractivity contribution in [2.24, 2.45) is 0 Å². The SMILES string of the molecule is N#CCC(=O)N1CCN(c2ccc(Nc3nc(N4CCCCCC4)nc4cn[nH]c(=O)c34)cc2)CC1. The van der Waals surface area contributed by atoms with Crippen LogP contribution < -0.4 is 20.7 Å². The summed E-state index contributed by atoms with van der Waals surface area (Å²) in [5, 5.41) is 18.9. The Morgan fingerprint density at radius 3 is 2.39 bits per heavy atom. The van der Waals surface area contributed by atoms with Gasteiger partial charge in [0, 0.05) is 50.6 Å². The summed E-state index contributed by atoms with van der Waals surface area (Å²) in [7, 11) is 0. The number of nitrogens with zero attached hydrogens (tertiary/aromatic N) is 7. The van der Waals surface area contributed by atoms with E-state index in [0.717, 1.165) is 37.3 Å². The number of amides is 1. The molecule has 0 saturated carbocycles. The van der Waals surface area contributed by atoms with E-state index in [-0.39, 0.29) is 17.9 Å². The third-order valence-corrected chi connectivity index (χ3v) is 6.75. The monoisotopic (exact) mass is 487 g/mol. The minimum atomic E-state index is -0.335. The summed E-state index contributed by atoms with van der Waals surface area (Å²) in [6.07, 6.45) is 6.09. The number of hydrogen-bond acceptors (Lipinski definition) is 9. The summed E-state index contributed by atoms with van der Waals surface area (Å²) in [6, 6.07) is 9.86. The predicted octanol–water partition coefficient (Wildman–Crippen LogP) is 2.40. The molecule has 2 aliphatic heterocycles. The van der Waals surface area contributed by atoms with Crippen LogP contribution in [0.25, 0.3) is 10.9 Å². The Kier molecular flexibility index (Phi) is 6.93. The average Bonchev–Trinajstić information content (AvgIpc) is 3.19. The molecule has 2 aromatic heterocycles. The molecule has 2 N–H and O–H groups in total. The van der Waals surface area contributed by atoms with Crippen LogP contribution in [0, 0.1) is 11.3 Å². The molecule has 0 bridgehead atoms. The van der Waals surface area contributed by atoms with Gasteiger partial charge in [-0.1, -0.05) is 12.8 Å². The molecule has 1 amide bonds. The molecule has 11 heteroatoms. The molecular weight excluding hydrogens is 458 g/mol. The third kappa shape index (κ3) is 5.07. The molecule has 5 rings (SSSR count). The summed E-state index contributed by atoms with van der Waals surface area (Å²) >= 11 is 0. The van der Waals surface area contributed by atoms with Crippen molar-refractivity contribution in [1.29, 1.82) is 5.26 Å². The minimum Gasteiger partial charge on any atom is -0.368 e. The molecule has 4 heterocycles. The largest absolute Gasteiger partial charge is 0.368 e. The number of carbonyl (C=O) groups is 1. The van der Waals surface area contributed by atoms with Crippen LogP contribution >= 0.6 is 0 Å². The lowest BCUT2D eigenvalue weighted by atomic mass is 10.2. The first-order valence-corrected chi connectivity index (χ1v) is 12.4. The lowest BCUT2D eigenvalue weighted by Gasteiger charge is -2.36. The highest BCUT2D eigenvalue weighted by molar-refractivity contribution is 5.90. The Labute approximate surface area is 208 Å². The molecule has 0 atom stereocenters. The highest BCUT2D eigenvalue weighted by Gasteiger charge is 2.21. The minimum absolute atomic E-state index is 0.0730. The van der Waals surface area contributed by atoms with Crippen LogP contribution in [-0.4, -0.2) is 70.2 Å². The van der Waals surface area contributed by atoms with E-state index in [0.29, 0.717) is 48.8 Å². The normalized spacial score (nSPS) is 16.5. The number of aromatic amines is 1. The first kappa shape index (κ1) is 23.5. The van der Waals surface area contributed by atoms with E-state index in [4.69, 9.17) is 10.2 Å². The van der Waals surface area contributed by atoms with Crippen molar-refractivity contribution in [3.8, 4) is 6.07 Å².